The lowest BCUT2D eigenvalue weighted by atomic mass is 9.96. The lowest BCUT2D eigenvalue weighted by molar-refractivity contribution is 0.0710. The Morgan fingerprint density at radius 1 is 1.23 bits per heavy atom. The van der Waals surface area contributed by atoms with Crippen LogP contribution in [0.2, 0.25) is 0 Å². The fourth-order valence-corrected chi connectivity index (χ4v) is 4.66. The predicted molar refractivity (Wildman–Crippen MR) is 104 cm³/mol. The summed E-state index contributed by atoms with van der Waals surface area (Å²) in [4.78, 5) is 35.9. The molecule has 0 radical (unpaired) electrons. The zero-order valence-electron chi connectivity index (χ0n) is 14.9. The molecule has 6 heteroatoms. The van der Waals surface area contributed by atoms with Crippen molar-refractivity contribution in [2.45, 2.75) is 32.6 Å². The zero-order valence-corrected chi connectivity index (χ0v) is 15.7. The van der Waals surface area contributed by atoms with Gasteiger partial charge >= 0.3 is 0 Å². The van der Waals surface area contributed by atoms with Crippen LogP contribution in [-0.4, -0.2) is 33.9 Å². The number of benzene rings is 1. The van der Waals surface area contributed by atoms with E-state index in [4.69, 9.17) is 0 Å². The van der Waals surface area contributed by atoms with Crippen molar-refractivity contribution in [3.8, 4) is 0 Å². The fraction of sp³-hybridized carbons (Fsp3) is 0.350. The highest BCUT2D eigenvalue weighted by Crippen LogP contribution is 2.31. The number of thiazole rings is 1. The lowest BCUT2D eigenvalue weighted by Crippen LogP contribution is -2.40. The number of carbonyl (C=O) groups excluding carboxylic acids is 1. The van der Waals surface area contributed by atoms with E-state index in [2.05, 4.69) is 16.9 Å². The van der Waals surface area contributed by atoms with Crippen molar-refractivity contribution in [2.75, 3.05) is 13.1 Å². The Labute approximate surface area is 155 Å². The van der Waals surface area contributed by atoms with Crippen LogP contribution in [0.1, 0.15) is 44.6 Å². The molecular weight excluding hydrogens is 346 g/mol. The van der Waals surface area contributed by atoms with Crippen LogP contribution in [0, 0.1) is 13.8 Å². The molecule has 0 bridgehead atoms. The molecule has 1 fully saturated rings. The van der Waals surface area contributed by atoms with E-state index in [0.717, 1.165) is 34.3 Å². The number of aromatic amines is 1. The number of H-pyrrole nitrogens is 1. The molecule has 3 heterocycles. The molecule has 5 nitrogen and oxygen atoms in total. The van der Waals surface area contributed by atoms with Gasteiger partial charge in [0, 0.05) is 41.0 Å². The van der Waals surface area contributed by atoms with E-state index >= 15 is 0 Å². The standard InChI is InChI=1S/C20H21N3O2S/c1-12-11-21-19(26-12)14-7-9-23(10-8-14)20(25)17-13(2)15-5-3-4-6-16(15)22-18(17)24/h3-6,11,14H,7-10H2,1-2H3,(H,22,24). The maximum atomic E-state index is 13.0. The largest absolute Gasteiger partial charge is 0.338 e. The Balaban J connectivity index is 1.57. The molecule has 0 atom stereocenters. The van der Waals surface area contributed by atoms with Gasteiger partial charge in [-0.05, 0) is 38.3 Å². The van der Waals surface area contributed by atoms with Crippen molar-refractivity contribution in [2.24, 2.45) is 0 Å². The molecular formula is C20H21N3O2S. The maximum absolute atomic E-state index is 13.0. The van der Waals surface area contributed by atoms with Gasteiger partial charge in [0.25, 0.3) is 11.5 Å². The number of hydrogen-bond donors (Lipinski definition) is 1. The topological polar surface area (TPSA) is 66.1 Å². The van der Waals surface area contributed by atoms with Crippen molar-refractivity contribution in [3.05, 3.63) is 61.8 Å². The summed E-state index contributed by atoms with van der Waals surface area (Å²) >= 11 is 1.74. The van der Waals surface area contributed by atoms with E-state index in [1.165, 1.54) is 4.88 Å². The van der Waals surface area contributed by atoms with Crippen molar-refractivity contribution < 1.29 is 4.79 Å². The maximum Gasteiger partial charge on any atom is 0.261 e. The molecule has 26 heavy (non-hydrogen) atoms. The molecule has 1 aromatic carbocycles. The second-order valence-electron chi connectivity index (χ2n) is 6.88. The number of aryl methyl sites for hydroxylation is 2. The number of piperidine rings is 1. The number of nitrogens with one attached hydrogen (secondary N) is 1. The Kier molecular flexibility index (Phi) is 4.36. The van der Waals surface area contributed by atoms with E-state index < -0.39 is 0 Å². The van der Waals surface area contributed by atoms with Gasteiger partial charge in [-0.2, -0.15) is 0 Å². The fourth-order valence-electron chi connectivity index (χ4n) is 3.71. The van der Waals surface area contributed by atoms with Crippen molar-refractivity contribution in [1.82, 2.24) is 14.9 Å². The van der Waals surface area contributed by atoms with E-state index in [1.54, 1.807) is 11.3 Å². The van der Waals surface area contributed by atoms with E-state index in [1.807, 2.05) is 42.3 Å². The van der Waals surface area contributed by atoms with Crippen LogP contribution < -0.4 is 5.56 Å². The molecule has 4 rings (SSSR count). The molecule has 1 saturated heterocycles. The summed E-state index contributed by atoms with van der Waals surface area (Å²) in [6.45, 7) is 5.24. The van der Waals surface area contributed by atoms with Crippen LogP contribution in [0.3, 0.4) is 0 Å². The van der Waals surface area contributed by atoms with Crippen LogP contribution in [0.4, 0.5) is 0 Å². The minimum Gasteiger partial charge on any atom is -0.338 e. The van der Waals surface area contributed by atoms with Gasteiger partial charge in [0.1, 0.15) is 5.56 Å². The van der Waals surface area contributed by atoms with Gasteiger partial charge in [-0.15, -0.1) is 11.3 Å². The van der Waals surface area contributed by atoms with E-state index in [-0.39, 0.29) is 17.0 Å². The second-order valence-corrected chi connectivity index (χ2v) is 8.14. The number of fused-ring (bicyclic) bond motifs is 1. The van der Waals surface area contributed by atoms with Crippen molar-refractivity contribution >= 4 is 28.1 Å². The number of rotatable bonds is 2. The molecule has 0 aliphatic carbocycles. The van der Waals surface area contributed by atoms with Gasteiger partial charge in [0.05, 0.1) is 5.01 Å². The molecule has 3 aromatic rings. The summed E-state index contributed by atoms with van der Waals surface area (Å²) in [5.41, 5.74) is 1.49. The first-order chi connectivity index (χ1) is 12.5. The van der Waals surface area contributed by atoms with Crippen LogP contribution in [0.5, 0.6) is 0 Å². The lowest BCUT2D eigenvalue weighted by Gasteiger charge is -2.31. The van der Waals surface area contributed by atoms with Gasteiger partial charge in [-0.3, -0.25) is 9.59 Å². The summed E-state index contributed by atoms with van der Waals surface area (Å²) in [7, 11) is 0. The summed E-state index contributed by atoms with van der Waals surface area (Å²) in [5, 5.41) is 2.08. The normalized spacial score (nSPS) is 15.5. The Hall–Kier alpha value is -2.47. The third-order valence-corrected chi connectivity index (χ3v) is 6.24. The van der Waals surface area contributed by atoms with Gasteiger partial charge in [-0.25, -0.2) is 4.98 Å². The Morgan fingerprint density at radius 2 is 1.96 bits per heavy atom. The quantitative estimate of drug-likeness (QED) is 0.752. The summed E-state index contributed by atoms with van der Waals surface area (Å²) in [6, 6.07) is 7.60. The van der Waals surface area contributed by atoms with E-state index in [0.29, 0.717) is 19.0 Å². The van der Waals surface area contributed by atoms with Crippen LogP contribution in [0.25, 0.3) is 10.9 Å². The molecule has 1 amide bonds. The minimum absolute atomic E-state index is 0.164. The second kappa shape index (κ2) is 6.68. The summed E-state index contributed by atoms with van der Waals surface area (Å²) < 4.78 is 0. The molecule has 0 saturated carbocycles. The number of carbonyl (C=O) groups is 1. The SMILES string of the molecule is Cc1cnc(C2CCN(C(=O)c3c(C)c4ccccc4[nH]c3=O)CC2)s1. The van der Waals surface area contributed by atoms with E-state index in [9.17, 15) is 9.59 Å². The number of pyridine rings is 1. The van der Waals surface area contributed by atoms with Gasteiger partial charge in [0.15, 0.2) is 0 Å². The average Bonchev–Trinajstić information content (AvgIpc) is 3.08. The predicted octanol–water partition coefficient (Wildman–Crippen LogP) is 3.62. The highest BCUT2D eigenvalue weighted by atomic mass is 32.1. The number of para-hydroxylation sites is 1. The highest BCUT2D eigenvalue weighted by Gasteiger charge is 2.28. The first kappa shape index (κ1) is 17.0. The third kappa shape index (κ3) is 2.94. The molecule has 2 aromatic heterocycles. The van der Waals surface area contributed by atoms with Gasteiger partial charge in [0.2, 0.25) is 0 Å². The third-order valence-electron chi connectivity index (χ3n) is 5.17. The number of likely N-dealkylation sites (tertiary alicyclic amines) is 1. The average molecular weight is 367 g/mol. The van der Waals surface area contributed by atoms with Crippen LogP contribution in [-0.2, 0) is 0 Å². The summed E-state index contributed by atoms with van der Waals surface area (Å²) in [6.07, 6.45) is 3.70. The van der Waals surface area contributed by atoms with Crippen molar-refractivity contribution in [1.29, 1.82) is 0 Å². The molecule has 134 valence electrons. The summed E-state index contributed by atoms with van der Waals surface area (Å²) in [5.74, 6) is 0.247. The molecule has 1 N–H and O–H groups in total. The number of nitrogens with zero attached hydrogens (tertiary/aromatic N) is 2. The van der Waals surface area contributed by atoms with Gasteiger partial charge < -0.3 is 9.88 Å². The molecule has 0 spiro atoms. The number of hydrogen-bond acceptors (Lipinski definition) is 4. The first-order valence-corrected chi connectivity index (χ1v) is 9.69. The zero-order chi connectivity index (χ0) is 18.3. The van der Waals surface area contributed by atoms with Gasteiger partial charge in [-0.1, -0.05) is 18.2 Å². The first-order valence-electron chi connectivity index (χ1n) is 8.88. The Morgan fingerprint density at radius 3 is 2.65 bits per heavy atom. The number of aromatic nitrogens is 2. The molecule has 0 unspecified atom stereocenters. The highest BCUT2D eigenvalue weighted by molar-refractivity contribution is 7.11. The molecule has 1 aliphatic rings. The smallest absolute Gasteiger partial charge is 0.261 e. The van der Waals surface area contributed by atoms with Crippen LogP contribution in [0.15, 0.2) is 35.3 Å². The van der Waals surface area contributed by atoms with Crippen LogP contribution >= 0.6 is 11.3 Å². The number of amides is 1. The Bertz CT molecular complexity index is 1030. The molecule has 1 aliphatic heterocycles. The van der Waals surface area contributed by atoms with Crippen molar-refractivity contribution in [3.63, 3.8) is 0 Å². The monoisotopic (exact) mass is 367 g/mol. The minimum atomic E-state index is -0.302.